The van der Waals surface area contributed by atoms with Crippen molar-refractivity contribution in [3.63, 3.8) is 0 Å². The molecular formula is C12H11N7OS. The second-order valence-electron chi connectivity index (χ2n) is 3.86. The molecule has 0 fully saturated rings. The first-order chi connectivity index (χ1) is 10.1. The molecule has 1 heterocycles. The molecule has 0 spiro atoms. The number of anilines is 3. The van der Waals surface area contributed by atoms with Crippen LogP contribution in [-0.4, -0.2) is 26.6 Å². The third-order valence-electron chi connectivity index (χ3n) is 2.26. The predicted molar refractivity (Wildman–Crippen MR) is 79.2 cm³/mol. The Labute approximate surface area is 124 Å². The summed E-state index contributed by atoms with van der Waals surface area (Å²) in [5.41, 5.74) is 11.9. The topological polar surface area (TPSA) is 144 Å². The summed E-state index contributed by atoms with van der Waals surface area (Å²) in [5.74, 6) is -0.161. The summed E-state index contributed by atoms with van der Waals surface area (Å²) >= 11 is 1.09. The molecule has 1 aromatic carbocycles. The lowest BCUT2D eigenvalue weighted by molar-refractivity contribution is -0.113. The molecule has 21 heavy (non-hydrogen) atoms. The van der Waals surface area contributed by atoms with E-state index in [0.29, 0.717) is 11.3 Å². The van der Waals surface area contributed by atoms with Gasteiger partial charge in [-0.2, -0.15) is 20.2 Å². The third-order valence-corrected chi connectivity index (χ3v) is 3.10. The van der Waals surface area contributed by atoms with Gasteiger partial charge >= 0.3 is 0 Å². The number of benzene rings is 1. The zero-order valence-corrected chi connectivity index (χ0v) is 11.6. The molecule has 0 aliphatic heterocycles. The molecule has 106 valence electrons. The molecular weight excluding hydrogens is 290 g/mol. The van der Waals surface area contributed by atoms with Crippen LogP contribution in [0.1, 0.15) is 5.56 Å². The van der Waals surface area contributed by atoms with E-state index < -0.39 is 0 Å². The van der Waals surface area contributed by atoms with Gasteiger partial charge in [0.05, 0.1) is 17.4 Å². The average molecular weight is 301 g/mol. The van der Waals surface area contributed by atoms with Gasteiger partial charge < -0.3 is 16.8 Å². The maximum Gasteiger partial charge on any atom is 0.234 e. The van der Waals surface area contributed by atoms with Gasteiger partial charge in [0.2, 0.25) is 17.8 Å². The second kappa shape index (κ2) is 6.53. The van der Waals surface area contributed by atoms with Crippen molar-refractivity contribution >= 4 is 35.3 Å². The summed E-state index contributed by atoms with van der Waals surface area (Å²) in [4.78, 5) is 23.2. The van der Waals surface area contributed by atoms with Gasteiger partial charge in [0.25, 0.3) is 0 Å². The van der Waals surface area contributed by atoms with Gasteiger partial charge in [-0.3, -0.25) is 4.79 Å². The molecule has 9 heteroatoms. The molecule has 2 aromatic rings. The highest BCUT2D eigenvalue weighted by molar-refractivity contribution is 7.99. The average Bonchev–Trinajstić information content (AvgIpc) is 2.44. The third kappa shape index (κ3) is 4.32. The molecule has 0 bridgehead atoms. The van der Waals surface area contributed by atoms with Crippen molar-refractivity contribution in [3.8, 4) is 6.07 Å². The van der Waals surface area contributed by atoms with Crippen molar-refractivity contribution in [2.24, 2.45) is 0 Å². The standard InChI is InChI=1S/C12H11N7OS/c13-5-7-2-1-3-8(4-7)16-9(20)6-21-12-18-10(14)17-11(15)19-12/h1-4H,6H2,(H,16,20)(H4,14,15,17,18,19). The fraction of sp³-hybridized carbons (Fsp3) is 0.0833. The van der Waals surface area contributed by atoms with E-state index >= 15 is 0 Å². The number of carbonyl (C=O) groups is 1. The number of hydrogen-bond acceptors (Lipinski definition) is 8. The maximum atomic E-state index is 11.8. The van der Waals surface area contributed by atoms with Crippen LogP contribution in [0.2, 0.25) is 0 Å². The summed E-state index contributed by atoms with van der Waals surface area (Å²) in [7, 11) is 0. The minimum atomic E-state index is -0.257. The van der Waals surface area contributed by atoms with Crippen LogP contribution in [0.15, 0.2) is 29.4 Å². The number of nitrogens with two attached hydrogens (primary N) is 2. The fourth-order valence-corrected chi connectivity index (χ4v) is 2.10. The van der Waals surface area contributed by atoms with Crippen molar-refractivity contribution in [2.75, 3.05) is 22.5 Å². The van der Waals surface area contributed by atoms with Gasteiger partial charge in [-0.1, -0.05) is 17.8 Å². The van der Waals surface area contributed by atoms with Crippen LogP contribution in [0, 0.1) is 11.3 Å². The number of nitriles is 1. The van der Waals surface area contributed by atoms with Gasteiger partial charge in [-0.15, -0.1) is 0 Å². The predicted octanol–water partition coefficient (Wildman–Crippen LogP) is 0.638. The Morgan fingerprint density at radius 3 is 2.67 bits per heavy atom. The van der Waals surface area contributed by atoms with Crippen LogP contribution in [0.25, 0.3) is 0 Å². The van der Waals surface area contributed by atoms with Gasteiger partial charge in [0.15, 0.2) is 5.16 Å². The van der Waals surface area contributed by atoms with Gasteiger partial charge in [-0.25, -0.2) is 0 Å². The van der Waals surface area contributed by atoms with E-state index in [0.717, 1.165) is 11.8 Å². The van der Waals surface area contributed by atoms with Gasteiger partial charge in [0.1, 0.15) is 0 Å². The van der Waals surface area contributed by atoms with Crippen molar-refractivity contribution in [3.05, 3.63) is 29.8 Å². The molecule has 0 atom stereocenters. The Morgan fingerprint density at radius 2 is 2.00 bits per heavy atom. The first-order valence-electron chi connectivity index (χ1n) is 5.76. The Kier molecular flexibility index (Phi) is 4.53. The van der Waals surface area contributed by atoms with Crippen LogP contribution in [-0.2, 0) is 4.79 Å². The highest BCUT2D eigenvalue weighted by Crippen LogP contribution is 2.15. The van der Waals surface area contributed by atoms with E-state index in [-0.39, 0.29) is 28.7 Å². The van der Waals surface area contributed by atoms with Crippen molar-refractivity contribution in [2.45, 2.75) is 5.16 Å². The highest BCUT2D eigenvalue weighted by atomic mass is 32.2. The van der Waals surface area contributed by atoms with Crippen molar-refractivity contribution < 1.29 is 4.79 Å². The lowest BCUT2D eigenvalue weighted by Gasteiger charge is -2.05. The van der Waals surface area contributed by atoms with E-state index in [1.54, 1.807) is 24.3 Å². The maximum absolute atomic E-state index is 11.8. The molecule has 0 unspecified atom stereocenters. The quantitative estimate of drug-likeness (QED) is 0.698. The lowest BCUT2D eigenvalue weighted by Crippen LogP contribution is -2.14. The minimum absolute atomic E-state index is 0.00660. The molecule has 1 aromatic heterocycles. The Hall–Kier alpha value is -2.86. The van der Waals surface area contributed by atoms with E-state index in [1.807, 2.05) is 6.07 Å². The zero-order chi connectivity index (χ0) is 15.2. The van der Waals surface area contributed by atoms with E-state index in [9.17, 15) is 4.79 Å². The second-order valence-corrected chi connectivity index (χ2v) is 4.81. The molecule has 0 aliphatic rings. The van der Waals surface area contributed by atoms with Gasteiger partial charge in [0, 0.05) is 5.69 Å². The normalized spacial score (nSPS) is 9.86. The molecule has 0 aliphatic carbocycles. The molecule has 2 rings (SSSR count). The number of hydrogen-bond donors (Lipinski definition) is 3. The number of aromatic nitrogens is 3. The molecule has 0 saturated carbocycles. The molecule has 8 nitrogen and oxygen atoms in total. The number of thioether (sulfide) groups is 1. The number of nitrogens with zero attached hydrogens (tertiary/aromatic N) is 4. The molecule has 0 saturated heterocycles. The largest absolute Gasteiger partial charge is 0.368 e. The summed E-state index contributed by atoms with van der Waals surface area (Å²) in [5, 5.41) is 11.7. The van der Waals surface area contributed by atoms with E-state index in [4.69, 9.17) is 16.7 Å². The zero-order valence-electron chi connectivity index (χ0n) is 10.8. The minimum Gasteiger partial charge on any atom is -0.368 e. The Bertz CT molecular complexity index is 693. The summed E-state index contributed by atoms with van der Waals surface area (Å²) in [6, 6.07) is 8.62. The SMILES string of the molecule is N#Cc1cccc(NC(=O)CSc2nc(N)nc(N)n2)c1. The number of rotatable bonds is 4. The van der Waals surface area contributed by atoms with Crippen LogP contribution in [0.5, 0.6) is 0 Å². The summed E-state index contributed by atoms with van der Waals surface area (Å²) in [6.45, 7) is 0. The van der Waals surface area contributed by atoms with Crippen LogP contribution in [0.3, 0.4) is 0 Å². The van der Waals surface area contributed by atoms with E-state index in [1.165, 1.54) is 0 Å². The molecule has 1 amide bonds. The fourth-order valence-electron chi connectivity index (χ4n) is 1.45. The van der Waals surface area contributed by atoms with Gasteiger partial charge in [-0.05, 0) is 18.2 Å². The van der Waals surface area contributed by atoms with Crippen LogP contribution >= 0.6 is 11.8 Å². The first kappa shape index (κ1) is 14.5. The number of nitrogen functional groups attached to an aromatic ring is 2. The lowest BCUT2D eigenvalue weighted by atomic mass is 10.2. The first-order valence-corrected chi connectivity index (χ1v) is 6.75. The monoisotopic (exact) mass is 301 g/mol. The molecule has 0 radical (unpaired) electrons. The van der Waals surface area contributed by atoms with Crippen molar-refractivity contribution in [1.29, 1.82) is 5.26 Å². The van der Waals surface area contributed by atoms with Crippen molar-refractivity contribution in [1.82, 2.24) is 15.0 Å². The van der Waals surface area contributed by atoms with Crippen LogP contribution in [0.4, 0.5) is 17.6 Å². The number of nitrogens with one attached hydrogen (secondary N) is 1. The number of carbonyl (C=O) groups excluding carboxylic acids is 1. The summed E-state index contributed by atoms with van der Waals surface area (Å²) in [6.07, 6.45) is 0. The highest BCUT2D eigenvalue weighted by Gasteiger charge is 2.08. The van der Waals surface area contributed by atoms with Crippen LogP contribution < -0.4 is 16.8 Å². The Morgan fingerprint density at radius 1 is 1.29 bits per heavy atom. The smallest absolute Gasteiger partial charge is 0.234 e. The van der Waals surface area contributed by atoms with E-state index in [2.05, 4.69) is 20.3 Å². The summed E-state index contributed by atoms with van der Waals surface area (Å²) < 4.78 is 0. The molecule has 5 N–H and O–H groups in total. The number of amides is 1. The Balaban J connectivity index is 1.94.